The molecule has 2 rings (SSSR count). The van der Waals surface area contributed by atoms with Gasteiger partial charge in [0.05, 0.1) is 0 Å². The molecule has 2 N–H and O–H groups in total. The molecule has 0 aliphatic heterocycles. The monoisotopic (exact) mass is 307 g/mol. The number of nitrogens with one attached hydrogen (secondary N) is 1. The summed E-state index contributed by atoms with van der Waals surface area (Å²) in [6, 6.07) is 8.32. The van der Waals surface area contributed by atoms with Gasteiger partial charge in [-0.3, -0.25) is 4.79 Å². The molecule has 0 radical (unpaired) electrons. The molecule has 1 saturated carbocycles. The fourth-order valence-electron chi connectivity index (χ4n) is 2.64. The van der Waals surface area contributed by atoms with E-state index in [1.165, 1.54) is 11.1 Å². The van der Waals surface area contributed by atoms with Crippen LogP contribution >= 0.6 is 11.8 Å². The molecule has 1 unspecified atom stereocenters. The average molecular weight is 307 g/mol. The maximum absolute atomic E-state index is 11.8. The van der Waals surface area contributed by atoms with Gasteiger partial charge in [-0.15, -0.1) is 0 Å². The van der Waals surface area contributed by atoms with E-state index in [0.29, 0.717) is 11.7 Å². The third-order valence-electron chi connectivity index (χ3n) is 4.19. The second-order valence-corrected chi connectivity index (χ2v) is 6.88. The van der Waals surface area contributed by atoms with Crippen LogP contribution in [0.5, 0.6) is 0 Å². The first kappa shape index (κ1) is 16.4. The molecule has 0 aromatic heterocycles. The first-order chi connectivity index (χ1) is 10.1. The van der Waals surface area contributed by atoms with E-state index in [4.69, 9.17) is 0 Å². The number of carbonyl (C=O) groups is 1. The second kappa shape index (κ2) is 7.32. The summed E-state index contributed by atoms with van der Waals surface area (Å²) >= 11 is 1.73. The van der Waals surface area contributed by atoms with Crippen molar-refractivity contribution in [2.24, 2.45) is 5.92 Å². The van der Waals surface area contributed by atoms with Crippen molar-refractivity contribution in [1.82, 2.24) is 5.32 Å². The van der Waals surface area contributed by atoms with E-state index < -0.39 is 11.5 Å². The molecule has 1 aromatic rings. The standard InChI is InChI=1S/C17H25NO2S/c1-3-10-18-17(16(19)20,15-8-9-15)12-21-11-14-7-5-4-6-13(14)2/h4-7,15,18H,3,8-12H2,1-2H3,(H,19,20). The van der Waals surface area contributed by atoms with Crippen LogP contribution in [0, 0.1) is 12.8 Å². The van der Waals surface area contributed by atoms with Crippen LogP contribution in [-0.4, -0.2) is 28.9 Å². The number of carboxylic acid groups (broad SMARTS) is 1. The summed E-state index contributed by atoms with van der Waals surface area (Å²) in [5.74, 6) is 1.13. The minimum Gasteiger partial charge on any atom is -0.480 e. The fraction of sp³-hybridized carbons (Fsp3) is 0.588. The normalized spacial score (nSPS) is 17.4. The van der Waals surface area contributed by atoms with Crippen LogP contribution in [0.3, 0.4) is 0 Å². The predicted molar refractivity (Wildman–Crippen MR) is 88.7 cm³/mol. The Balaban J connectivity index is 1.99. The van der Waals surface area contributed by atoms with Gasteiger partial charge in [0.2, 0.25) is 0 Å². The Kier molecular flexibility index (Phi) is 5.71. The van der Waals surface area contributed by atoms with Crippen molar-refractivity contribution in [3.63, 3.8) is 0 Å². The van der Waals surface area contributed by atoms with Crippen LogP contribution in [0.1, 0.15) is 37.3 Å². The Morgan fingerprint density at radius 3 is 2.71 bits per heavy atom. The van der Waals surface area contributed by atoms with Gasteiger partial charge in [-0.25, -0.2) is 0 Å². The molecule has 0 amide bonds. The summed E-state index contributed by atoms with van der Waals surface area (Å²) in [4.78, 5) is 11.8. The molecule has 1 fully saturated rings. The van der Waals surface area contributed by atoms with Crippen molar-refractivity contribution in [2.45, 2.75) is 44.4 Å². The van der Waals surface area contributed by atoms with E-state index >= 15 is 0 Å². The molecule has 0 spiro atoms. The summed E-state index contributed by atoms with van der Waals surface area (Å²) in [7, 11) is 0. The highest BCUT2D eigenvalue weighted by molar-refractivity contribution is 7.98. The van der Waals surface area contributed by atoms with Gasteiger partial charge in [-0.1, -0.05) is 31.2 Å². The molecule has 1 aliphatic carbocycles. The molecule has 0 bridgehead atoms. The molecule has 1 atom stereocenters. The van der Waals surface area contributed by atoms with E-state index in [-0.39, 0.29) is 0 Å². The van der Waals surface area contributed by atoms with Gasteiger partial charge >= 0.3 is 5.97 Å². The first-order valence-corrected chi connectivity index (χ1v) is 8.86. The Labute approximate surface area is 131 Å². The third-order valence-corrected chi connectivity index (χ3v) is 5.37. The maximum Gasteiger partial charge on any atom is 0.325 e. The van der Waals surface area contributed by atoms with E-state index in [2.05, 4.69) is 31.3 Å². The van der Waals surface area contributed by atoms with Crippen LogP contribution in [-0.2, 0) is 10.5 Å². The lowest BCUT2D eigenvalue weighted by Gasteiger charge is -2.30. The highest BCUT2D eigenvalue weighted by Crippen LogP contribution is 2.42. The zero-order valence-corrected chi connectivity index (χ0v) is 13.7. The van der Waals surface area contributed by atoms with Crippen molar-refractivity contribution in [3.8, 4) is 0 Å². The fourth-order valence-corrected chi connectivity index (χ4v) is 4.07. The van der Waals surface area contributed by atoms with Gasteiger partial charge in [0.25, 0.3) is 0 Å². The second-order valence-electron chi connectivity index (χ2n) is 5.90. The van der Waals surface area contributed by atoms with Gasteiger partial charge < -0.3 is 10.4 Å². The number of hydrogen-bond donors (Lipinski definition) is 2. The number of rotatable bonds is 9. The van der Waals surface area contributed by atoms with Crippen molar-refractivity contribution in [3.05, 3.63) is 35.4 Å². The summed E-state index contributed by atoms with van der Waals surface area (Å²) < 4.78 is 0. The number of carboxylic acids is 1. The maximum atomic E-state index is 11.8. The Morgan fingerprint density at radius 1 is 1.43 bits per heavy atom. The smallest absolute Gasteiger partial charge is 0.325 e. The van der Waals surface area contributed by atoms with Gasteiger partial charge in [0.15, 0.2) is 0 Å². The van der Waals surface area contributed by atoms with Crippen LogP contribution in [0.25, 0.3) is 0 Å². The highest BCUT2D eigenvalue weighted by atomic mass is 32.2. The average Bonchev–Trinajstić information content (AvgIpc) is 3.29. The number of aryl methyl sites for hydroxylation is 1. The molecule has 116 valence electrons. The lowest BCUT2D eigenvalue weighted by Crippen LogP contribution is -2.56. The number of benzene rings is 1. The Morgan fingerprint density at radius 2 is 2.14 bits per heavy atom. The van der Waals surface area contributed by atoms with Crippen molar-refractivity contribution in [2.75, 3.05) is 12.3 Å². The lowest BCUT2D eigenvalue weighted by molar-refractivity contribution is -0.144. The molecule has 1 aromatic carbocycles. The Bertz CT molecular complexity index is 487. The minimum atomic E-state index is -0.733. The van der Waals surface area contributed by atoms with Crippen molar-refractivity contribution < 1.29 is 9.90 Å². The zero-order valence-electron chi connectivity index (χ0n) is 12.9. The first-order valence-electron chi connectivity index (χ1n) is 7.71. The van der Waals surface area contributed by atoms with Gasteiger partial charge in [0.1, 0.15) is 5.54 Å². The van der Waals surface area contributed by atoms with E-state index in [1.54, 1.807) is 11.8 Å². The van der Waals surface area contributed by atoms with Crippen LogP contribution in [0.2, 0.25) is 0 Å². The van der Waals surface area contributed by atoms with Crippen LogP contribution in [0.4, 0.5) is 0 Å². The molecular formula is C17H25NO2S. The van der Waals surface area contributed by atoms with E-state index in [1.807, 2.05) is 12.1 Å². The topological polar surface area (TPSA) is 49.3 Å². The lowest BCUT2D eigenvalue weighted by atomic mass is 9.95. The number of thioether (sulfide) groups is 1. The Hall–Kier alpha value is -1.00. The van der Waals surface area contributed by atoms with Crippen molar-refractivity contribution in [1.29, 1.82) is 0 Å². The summed E-state index contributed by atoms with van der Waals surface area (Å²) in [6.45, 7) is 4.96. The number of hydrogen-bond acceptors (Lipinski definition) is 3. The minimum absolute atomic E-state index is 0.297. The van der Waals surface area contributed by atoms with Crippen LogP contribution < -0.4 is 5.32 Å². The van der Waals surface area contributed by atoms with Gasteiger partial charge in [-0.05, 0) is 49.8 Å². The molecule has 21 heavy (non-hydrogen) atoms. The van der Waals surface area contributed by atoms with Crippen LogP contribution in [0.15, 0.2) is 24.3 Å². The molecule has 1 aliphatic rings. The highest BCUT2D eigenvalue weighted by Gasteiger charge is 2.50. The SMILES string of the molecule is CCCNC(CSCc1ccccc1C)(C(=O)O)C1CC1. The van der Waals surface area contributed by atoms with E-state index in [9.17, 15) is 9.90 Å². The van der Waals surface area contributed by atoms with Gasteiger partial charge in [-0.2, -0.15) is 11.8 Å². The largest absolute Gasteiger partial charge is 0.480 e. The summed E-state index contributed by atoms with van der Waals surface area (Å²) in [5.41, 5.74) is 1.84. The van der Waals surface area contributed by atoms with Crippen molar-refractivity contribution >= 4 is 17.7 Å². The predicted octanol–water partition coefficient (Wildman–Crippen LogP) is 3.46. The molecule has 0 saturated heterocycles. The number of aliphatic carboxylic acids is 1. The molecular weight excluding hydrogens is 282 g/mol. The van der Waals surface area contributed by atoms with E-state index in [0.717, 1.165) is 31.6 Å². The third kappa shape index (κ3) is 4.01. The summed E-state index contributed by atoms with van der Waals surface area (Å²) in [5, 5.41) is 13.1. The zero-order chi connectivity index (χ0) is 15.3. The molecule has 3 nitrogen and oxygen atoms in total. The van der Waals surface area contributed by atoms with Gasteiger partial charge in [0, 0.05) is 11.5 Å². The molecule has 4 heteroatoms. The molecule has 0 heterocycles. The summed E-state index contributed by atoms with van der Waals surface area (Å²) in [6.07, 6.45) is 3.03. The quantitative estimate of drug-likeness (QED) is 0.733.